The Morgan fingerprint density at radius 3 is 2.54 bits per heavy atom. The standard InChI is InChI=1S/C20H17ClN4O3/c1-12(26)13-4-3-5-15(10-13)22-19-9-7-16(24-25-19)20(27)23-17-11-14(21)6-8-18(17)28-2/h3-11H,1-2H3,(H,22,25)(H,23,27). The summed E-state index contributed by atoms with van der Waals surface area (Å²) in [6, 6.07) is 15.1. The van der Waals surface area contributed by atoms with Crippen LogP contribution in [0.1, 0.15) is 27.8 Å². The van der Waals surface area contributed by atoms with Crippen LogP contribution in [0.2, 0.25) is 5.02 Å². The van der Waals surface area contributed by atoms with Crippen molar-refractivity contribution in [2.75, 3.05) is 17.7 Å². The molecule has 1 aromatic heterocycles. The summed E-state index contributed by atoms with van der Waals surface area (Å²) in [6.07, 6.45) is 0. The van der Waals surface area contributed by atoms with Crippen LogP contribution in [0.25, 0.3) is 0 Å². The number of Topliss-reactive ketones (excluding diaryl/α,β-unsaturated/α-hetero) is 1. The van der Waals surface area contributed by atoms with E-state index in [1.54, 1.807) is 48.5 Å². The van der Waals surface area contributed by atoms with Crippen molar-refractivity contribution in [1.29, 1.82) is 0 Å². The zero-order valence-electron chi connectivity index (χ0n) is 15.2. The molecule has 0 aliphatic carbocycles. The number of methoxy groups -OCH3 is 1. The molecule has 2 N–H and O–H groups in total. The summed E-state index contributed by atoms with van der Waals surface area (Å²) >= 11 is 5.97. The van der Waals surface area contributed by atoms with Crippen molar-refractivity contribution in [2.45, 2.75) is 6.92 Å². The number of nitrogens with zero attached hydrogens (tertiary/aromatic N) is 2. The van der Waals surface area contributed by atoms with Gasteiger partial charge >= 0.3 is 0 Å². The molecule has 28 heavy (non-hydrogen) atoms. The van der Waals surface area contributed by atoms with E-state index in [-0.39, 0.29) is 11.5 Å². The number of benzene rings is 2. The molecule has 0 spiro atoms. The normalized spacial score (nSPS) is 10.2. The molecule has 1 amide bonds. The third-order valence-corrected chi connectivity index (χ3v) is 4.08. The summed E-state index contributed by atoms with van der Waals surface area (Å²) in [4.78, 5) is 23.9. The smallest absolute Gasteiger partial charge is 0.276 e. The largest absolute Gasteiger partial charge is 0.495 e. The lowest BCUT2D eigenvalue weighted by atomic mass is 10.1. The lowest BCUT2D eigenvalue weighted by molar-refractivity contribution is 0.101. The van der Waals surface area contributed by atoms with Crippen LogP contribution < -0.4 is 15.4 Å². The molecule has 0 aliphatic rings. The van der Waals surface area contributed by atoms with Gasteiger partial charge in [0.2, 0.25) is 0 Å². The van der Waals surface area contributed by atoms with Gasteiger partial charge in [-0.1, -0.05) is 23.7 Å². The van der Waals surface area contributed by atoms with Crippen molar-refractivity contribution >= 4 is 40.5 Å². The molecule has 0 unspecified atom stereocenters. The summed E-state index contributed by atoms with van der Waals surface area (Å²) < 4.78 is 5.21. The van der Waals surface area contributed by atoms with E-state index >= 15 is 0 Å². The van der Waals surface area contributed by atoms with Crippen LogP contribution >= 0.6 is 11.6 Å². The second-order valence-electron chi connectivity index (χ2n) is 5.86. The molecule has 8 heteroatoms. The number of rotatable bonds is 6. The lowest BCUT2D eigenvalue weighted by Crippen LogP contribution is -2.15. The maximum Gasteiger partial charge on any atom is 0.276 e. The van der Waals surface area contributed by atoms with E-state index in [1.807, 2.05) is 0 Å². The SMILES string of the molecule is COc1ccc(Cl)cc1NC(=O)c1ccc(Nc2cccc(C(C)=O)c2)nn1. The highest BCUT2D eigenvalue weighted by molar-refractivity contribution is 6.31. The van der Waals surface area contributed by atoms with Gasteiger partial charge in [0.25, 0.3) is 5.91 Å². The topological polar surface area (TPSA) is 93.2 Å². The van der Waals surface area contributed by atoms with Crippen LogP contribution in [0.4, 0.5) is 17.2 Å². The number of ether oxygens (including phenoxy) is 1. The second kappa shape index (κ2) is 8.49. The first-order chi connectivity index (χ1) is 13.5. The average molecular weight is 397 g/mol. The number of carbonyl (C=O) groups is 2. The zero-order chi connectivity index (χ0) is 20.1. The van der Waals surface area contributed by atoms with E-state index < -0.39 is 5.91 Å². The Morgan fingerprint density at radius 1 is 1.04 bits per heavy atom. The van der Waals surface area contributed by atoms with Crippen molar-refractivity contribution < 1.29 is 14.3 Å². The number of carbonyl (C=O) groups excluding carboxylic acids is 2. The average Bonchev–Trinajstić information content (AvgIpc) is 2.69. The summed E-state index contributed by atoms with van der Waals surface area (Å²) in [7, 11) is 1.50. The number of ketones is 1. The van der Waals surface area contributed by atoms with Gasteiger partial charge in [-0.2, -0.15) is 0 Å². The Kier molecular flexibility index (Phi) is 5.86. The van der Waals surface area contributed by atoms with Crippen LogP contribution in [-0.2, 0) is 0 Å². The van der Waals surface area contributed by atoms with Crippen molar-refractivity contribution in [2.24, 2.45) is 0 Å². The third kappa shape index (κ3) is 4.63. The number of halogens is 1. The highest BCUT2D eigenvalue weighted by Gasteiger charge is 2.12. The molecule has 0 saturated heterocycles. The fourth-order valence-corrected chi connectivity index (χ4v) is 2.62. The van der Waals surface area contributed by atoms with Crippen LogP contribution in [0, 0.1) is 0 Å². The molecular formula is C20H17ClN4O3. The Bertz CT molecular complexity index is 1020. The molecule has 0 fully saturated rings. The predicted octanol–water partition coefficient (Wildman–Crippen LogP) is 4.34. The molecular weight excluding hydrogens is 380 g/mol. The predicted molar refractivity (Wildman–Crippen MR) is 108 cm³/mol. The van der Waals surface area contributed by atoms with E-state index in [2.05, 4.69) is 20.8 Å². The number of nitrogens with one attached hydrogen (secondary N) is 2. The summed E-state index contributed by atoms with van der Waals surface area (Å²) in [5, 5.41) is 14.2. The van der Waals surface area contributed by atoms with E-state index in [0.717, 1.165) is 0 Å². The molecule has 0 aliphatic heterocycles. The molecule has 0 saturated carbocycles. The number of hydrogen-bond donors (Lipinski definition) is 2. The third-order valence-electron chi connectivity index (χ3n) is 3.85. The Balaban J connectivity index is 1.72. The van der Waals surface area contributed by atoms with Gasteiger partial charge < -0.3 is 15.4 Å². The molecule has 1 heterocycles. The van der Waals surface area contributed by atoms with Gasteiger partial charge in [0.05, 0.1) is 12.8 Å². The fourth-order valence-electron chi connectivity index (χ4n) is 2.45. The molecule has 0 atom stereocenters. The minimum Gasteiger partial charge on any atom is -0.495 e. The van der Waals surface area contributed by atoms with Gasteiger partial charge in [0.1, 0.15) is 5.75 Å². The van der Waals surface area contributed by atoms with E-state index in [9.17, 15) is 9.59 Å². The first kappa shape index (κ1) is 19.3. The molecule has 2 aromatic carbocycles. The van der Waals surface area contributed by atoms with Crippen molar-refractivity contribution in [1.82, 2.24) is 10.2 Å². The minimum atomic E-state index is -0.446. The molecule has 3 aromatic rings. The van der Waals surface area contributed by atoms with Gasteiger partial charge in [-0.25, -0.2) is 0 Å². The van der Waals surface area contributed by atoms with Crippen molar-refractivity contribution in [3.63, 3.8) is 0 Å². The number of anilines is 3. The van der Waals surface area contributed by atoms with Gasteiger partial charge in [-0.15, -0.1) is 10.2 Å². The zero-order valence-corrected chi connectivity index (χ0v) is 15.9. The van der Waals surface area contributed by atoms with E-state index in [1.165, 1.54) is 20.1 Å². The van der Waals surface area contributed by atoms with Gasteiger partial charge in [-0.05, 0) is 49.4 Å². The fraction of sp³-hybridized carbons (Fsp3) is 0.100. The van der Waals surface area contributed by atoms with Crippen LogP contribution in [-0.4, -0.2) is 29.0 Å². The highest BCUT2D eigenvalue weighted by atomic mass is 35.5. The van der Waals surface area contributed by atoms with Gasteiger partial charge in [0, 0.05) is 16.3 Å². The summed E-state index contributed by atoms with van der Waals surface area (Å²) in [6.45, 7) is 1.50. The number of hydrogen-bond acceptors (Lipinski definition) is 6. The molecule has 0 radical (unpaired) electrons. The Hall–Kier alpha value is -3.45. The van der Waals surface area contributed by atoms with E-state index in [4.69, 9.17) is 16.3 Å². The summed E-state index contributed by atoms with van der Waals surface area (Å²) in [5.41, 5.74) is 1.85. The number of amides is 1. The van der Waals surface area contributed by atoms with Crippen LogP contribution in [0.3, 0.4) is 0 Å². The first-order valence-corrected chi connectivity index (χ1v) is 8.70. The Labute approximate surface area is 166 Å². The maximum atomic E-state index is 12.4. The van der Waals surface area contributed by atoms with Crippen LogP contribution in [0.15, 0.2) is 54.6 Å². The monoisotopic (exact) mass is 396 g/mol. The van der Waals surface area contributed by atoms with Crippen molar-refractivity contribution in [3.05, 3.63) is 70.9 Å². The van der Waals surface area contributed by atoms with Gasteiger partial charge in [-0.3, -0.25) is 9.59 Å². The second-order valence-corrected chi connectivity index (χ2v) is 6.30. The van der Waals surface area contributed by atoms with Crippen LogP contribution in [0.5, 0.6) is 5.75 Å². The molecule has 7 nitrogen and oxygen atoms in total. The molecule has 3 rings (SSSR count). The molecule has 0 bridgehead atoms. The maximum absolute atomic E-state index is 12.4. The molecule has 142 valence electrons. The van der Waals surface area contributed by atoms with E-state index in [0.29, 0.717) is 33.5 Å². The Morgan fingerprint density at radius 2 is 1.86 bits per heavy atom. The van der Waals surface area contributed by atoms with Crippen molar-refractivity contribution in [3.8, 4) is 5.75 Å². The number of aromatic nitrogens is 2. The quantitative estimate of drug-likeness (QED) is 0.602. The summed E-state index contributed by atoms with van der Waals surface area (Å²) in [5.74, 6) is 0.448. The first-order valence-electron chi connectivity index (χ1n) is 8.33. The van der Waals surface area contributed by atoms with Gasteiger partial charge in [0.15, 0.2) is 17.3 Å². The minimum absolute atomic E-state index is 0.0294. The highest BCUT2D eigenvalue weighted by Crippen LogP contribution is 2.28. The lowest BCUT2D eigenvalue weighted by Gasteiger charge is -2.10.